The molecule has 2 N–H and O–H groups in total. The van der Waals surface area contributed by atoms with E-state index in [1.807, 2.05) is 0 Å². The Bertz CT molecular complexity index is 460. The van der Waals surface area contributed by atoms with Crippen molar-refractivity contribution >= 4 is 9.84 Å². The molecule has 0 spiro atoms. The van der Waals surface area contributed by atoms with Crippen LogP contribution in [0.1, 0.15) is 5.56 Å². The second-order valence-corrected chi connectivity index (χ2v) is 5.74. The van der Waals surface area contributed by atoms with Crippen LogP contribution in [0, 0.1) is 11.6 Å². The van der Waals surface area contributed by atoms with Gasteiger partial charge >= 0.3 is 0 Å². The van der Waals surface area contributed by atoms with Crippen molar-refractivity contribution in [3.05, 3.63) is 35.4 Å². The van der Waals surface area contributed by atoms with Crippen molar-refractivity contribution in [2.75, 3.05) is 18.1 Å². The summed E-state index contributed by atoms with van der Waals surface area (Å²) in [7, 11) is -3.19. The first kappa shape index (κ1) is 13.1. The van der Waals surface area contributed by atoms with Gasteiger partial charge in [0.15, 0.2) is 21.5 Å². The molecule has 0 atom stereocenters. The number of sulfone groups is 1. The first-order valence-electron chi connectivity index (χ1n) is 4.79. The van der Waals surface area contributed by atoms with Gasteiger partial charge in [-0.15, -0.1) is 0 Å². The summed E-state index contributed by atoms with van der Waals surface area (Å²) in [6, 6.07) is 3.36. The van der Waals surface area contributed by atoms with Gasteiger partial charge in [0.1, 0.15) is 0 Å². The maximum atomic E-state index is 12.8. The average Bonchev–Trinajstić information content (AvgIpc) is 2.20. The third-order valence-electron chi connectivity index (χ3n) is 2.11. The van der Waals surface area contributed by atoms with Crippen molar-refractivity contribution in [3.8, 4) is 0 Å². The minimum atomic E-state index is -3.19. The molecule has 6 heteroatoms. The fourth-order valence-electron chi connectivity index (χ4n) is 1.25. The fourth-order valence-corrected chi connectivity index (χ4v) is 2.36. The van der Waals surface area contributed by atoms with Gasteiger partial charge in [-0.1, -0.05) is 6.07 Å². The summed E-state index contributed by atoms with van der Waals surface area (Å²) in [5, 5.41) is 0. The summed E-state index contributed by atoms with van der Waals surface area (Å²) in [4.78, 5) is 0. The minimum Gasteiger partial charge on any atom is -0.329 e. The summed E-state index contributed by atoms with van der Waals surface area (Å²) >= 11 is 0. The second kappa shape index (κ2) is 5.36. The molecule has 3 nitrogen and oxygen atoms in total. The van der Waals surface area contributed by atoms with E-state index in [1.165, 1.54) is 6.07 Å². The molecule has 0 saturated carbocycles. The first-order valence-corrected chi connectivity index (χ1v) is 6.61. The van der Waals surface area contributed by atoms with Crippen LogP contribution in [0.15, 0.2) is 18.2 Å². The molecule has 0 radical (unpaired) electrons. The molecule has 0 aliphatic rings. The van der Waals surface area contributed by atoms with Gasteiger partial charge in [0.2, 0.25) is 0 Å². The van der Waals surface area contributed by atoms with Crippen molar-refractivity contribution in [2.24, 2.45) is 5.73 Å². The Morgan fingerprint density at radius 1 is 1.12 bits per heavy atom. The molecule has 0 aromatic heterocycles. The number of hydrogen-bond acceptors (Lipinski definition) is 3. The Morgan fingerprint density at radius 2 is 1.81 bits per heavy atom. The molecule has 0 aliphatic carbocycles. The van der Waals surface area contributed by atoms with E-state index in [1.54, 1.807) is 0 Å². The molecule has 0 bridgehead atoms. The van der Waals surface area contributed by atoms with E-state index in [0.717, 1.165) is 12.1 Å². The average molecular weight is 249 g/mol. The highest BCUT2D eigenvalue weighted by molar-refractivity contribution is 7.91. The zero-order valence-electron chi connectivity index (χ0n) is 8.62. The van der Waals surface area contributed by atoms with Crippen LogP contribution in [0.3, 0.4) is 0 Å². The Kier molecular flexibility index (Phi) is 4.37. The van der Waals surface area contributed by atoms with Gasteiger partial charge in [-0.2, -0.15) is 0 Å². The van der Waals surface area contributed by atoms with Crippen molar-refractivity contribution in [2.45, 2.75) is 6.42 Å². The third-order valence-corrected chi connectivity index (χ3v) is 3.80. The van der Waals surface area contributed by atoms with Gasteiger partial charge in [0.05, 0.1) is 11.5 Å². The number of aryl methyl sites for hydroxylation is 1. The summed E-state index contributed by atoms with van der Waals surface area (Å²) in [5.74, 6) is -2.09. The van der Waals surface area contributed by atoms with E-state index in [9.17, 15) is 17.2 Å². The molecule has 0 amide bonds. The molecule has 1 aromatic rings. The maximum Gasteiger partial charge on any atom is 0.159 e. The SMILES string of the molecule is NCCS(=O)(=O)CCc1ccc(F)c(F)c1. The monoisotopic (exact) mass is 249 g/mol. The third kappa shape index (κ3) is 3.86. The lowest BCUT2D eigenvalue weighted by Gasteiger charge is -2.03. The van der Waals surface area contributed by atoms with Crippen molar-refractivity contribution < 1.29 is 17.2 Å². The highest BCUT2D eigenvalue weighted by Crippen LogP contribution is 2.10. The smallest absolute Gasteiger partial charge is 0.159 e. The van der Waals surface area contributed by atoms with Crippen LogP contribution in [0.25, 0.3) is 0 Å². The molecule has 1 rings (SSSR count). The normalized spacial score (nSPS) is 11.7. The quantitative estimate of drug-likeness (QED) is 0.842. The van der Waals surface area contributed by atoms with Gasteiger partial charge in [-0.3, -0.25) is 0 Å². The maximum absolute atomic E-state index is 12.8. The molecule has 0 fully saturated rings. The van der Waals surface area contributed by atoms with Crippen molar-refractivity contribution in [3.63, 3.8) is 0 Å². The Morgan fingerprint density at radius 3 is 2.38 bits per heavy atom. The van der Waals surface area contributed by atoms with Crippen molar-refractivity contribution in [1.82, 2.24) is 0 Å². The number of hydrogen-bond donors (Lipinski definition) is 1. The number of rotatable bonds is 5. The highest BCUT2D eigenvalue weighted by Gasteiger charge is 2.10. The Hall–Kier alpha value is -1.01. The summed E-state index contributed by atoms with van der Waals surface area (Å²) in [6.07, 6.45) is 0.166. The predicted molar refractivity (Wildman–Crippen MR) is 57.8 cm³/mol. The standard InChI is InChI=1S/C10H13F2NO2S/c11-9-2-1-8(7-10(9)12)3-5-16(14,15)6-4-13/h1-2,7H,3-6,13H2. The lowest BCUT2D eigenvalue weighted by atomic mass is 10.2. The number of benzene rings is 1. The number of halogens is 2. The molecule has 90 valence electrons. The van der Waals surface area contributed by atoms with Crippen LogP contribution < -0.4 is 5.73 Å². The van der Waals surface area contributed by atoms with Crippen LogP contribution in [0.5, 0.6) is 0 Å². The largest absolute Gasteiger partial charge is 0.329 e. The summed E-state index contributed by atoms with van der Waals surface area (Å²) in [5.41, 5.74) is 5.60. The molecule has 0 aliphatic heterocycles. The molecule has 0 heterocycles. The second-order valence-electron chi connectivity index (χ2n) is 3.44. The molecule has 0 saturated heterocycles. The zero-order valence-corrected chi connectivity index (χ0v) is 9.43. The first-order chi connectivity index (χ1) is 7.44. The Balaban J connectivity index is 2.65. The van der Waals surface area contributed by atoms with E-state index in [-0.39, 0.29) is 24.5 Å². The van der Waals surface area contributed by atoms with Crippen LogP contribution in [0.4, 0.5) is 8.78 Å². The van der Waals surface area contributed by atoms with Crippen molar-refractivity contribution in [1.29, 1.82) is 0 Å². The summed E-state index contributed by atoms with van der Waals surface area (Å²) < 4.78 is 48.0. The zero-order chi connectivity index (χ0) is 12.2. The van der Waals surface area contributed by atoms with Gasteiger partial charge in [0, 0.05) is 6.54 Å². The van der Waals surface area contributed by atoms with Gasteiger partial charge < -0.3 is 5.73 Å². The highest BCUT2D eigenvalue weighted by atomic mass is 32.2. The van der Waals surface area contributed by atoms with E-state index in [4.69, 9.17) is 5.73 Å². The van der Waals surface area contributed by atoms with E-state index in [2.05, 4.69) is 0 Å². The number of nitrogens with two attached hydrogens (primary N) is 1. The van der Waals surface area contributed by atoms with E-state index < -0.39 is 21.5 Å². The minimum absolute atomic E-state index is 0.0696. The van der Waals surface area contributed by atoms with Gasteiger partial charge in [-0.05, 0) is 24.1 Å². The molecule has 1 aromatic carbocycles. The lowest BCUT2D eigenvalue weighted by molar-refractivity contribution is 0.507. The van der Waals surface area contributed by atoms with Gasteiger partial charge in [-0.25, -0.2) is 17.2 Å². The van der Waals surface area contributed by atoms with E-state index >= 15 is 0 Å². The fraction of sp³-hybridized carbons (Fsp3) is 0.400. The predicted octanol–water partition coefficient (Wildman–Crippen LogP) is 0.881. The lowest BCUT2D eigenvalue weighted by Crippen LogP contribution is -2.19. The van der Waals surface area contributed by atoms with Crippen LogP contribution >= 0.6 is 0 Å². The van der Waals surface area contributed by atoms with Crippen LogP contribution in [0.2, 0.25) is 0 Å². The van der Waals surface area contributed by atoms with Crippen LogP contribution in [-0.4, -0.2) is 26.5 Å². The van der Waals surface area contributed by atoms with Crippen LogP contribution in [-0.2, 0) is 16.3 Å². The summed E-state index contributed by atoms with van der Waals surface area (Å²) in [6.45, 7) is 0.0696. The molecular formula is C10H13F2NO2S. The Labute approximate surface area is 93.2 Å². The molecular weight excluding hydrogens is 236 g/mol. The topological polar surface area (TPSA) is 60.2 Å². The molecule has 0 unspecified atom stereocenters. The molecule has 16 heavy (non-hydrogen) atoms. The van der Waals surface area contributed by atoms with E-state index in [0.29, 0.717) is 5.56 Å². The van der Waals surface area contributed by atoms with Gasteiger partial charge in [0.25, 0.3) is 0 Å².